The molecule has 3 rings (SSSR count). The fourth-order valence-electron chi connectivity index (χ4n) is 4.23. The monoisotopic (exact) mass is 478 g/mol. The van der Waals surface area contributed by atoms with Crippen LogP contribution in [0.5, 0.6) is 11.5 Å². The summed E-state index contributed by atoms with van der Waals surface area (Å²) in [6.45, 7) is 4.76. The van der Waals surface area contributed by atoms with Gasteiger partial charge in [-0.3, -0.25) is 9.59 Å². The van der Waals surface area contributed by atoms with Crippen molar-refractivity contribution in [3.8, 4) is 11.5 Å². The van der Waals surface area contributed by atoms with Crippen molar-refractivity contribution in [3.05, 3.63) is 59.2 Å². The number of amides is 2. The predicted octanol–water partition coefficient (Wildman–Crippen LogP) is 4.54. The highest BCUT2D eigenvalue weighted by Gasteiger charge is 2.35. The van der Waals surface area contributed by atoms with Crippen LogP contribution in [0, 0.1) is 5.92 Å². The minimum absolute atomic E-state index is 0.0746. The third kappa shape index (κ3) is 6.72. The standard InChI is InChI=1S/C25H29F3N2O4/c1-16(2)15-24(33)7-9-30(10-8-24)22(31)13-17-11-19(25(26,27)28)14-21(12-17)34-20-5-3-18(4-6-20)23(29)32/h3-6,11-12,14,16,33H,7-10,13,15H2,1-2H3,(H2,29,32). The molecule has 0 saturated carbocycles. The maximum absolute atomic E-state index is 13.5. The van der Waals surface area contributed by atoms with Crippen LogP contribution in [0.1, 0.15) is 54.6 Å². The van der Waals surface area contributed by atoms with E-state index in [-0.39, 0.29) is 35.0 Å². The number of nitrogens with two attached hydrogens (primary N) is 1. The van der Waals surface area contributed by atoms with Crippen LogP contribution in [0.3, 0.4) is 0 Å². The molecule has 3 N–H and O–H groups in total. The zero-order valence-electron chi connectivity index (χ0n) is 19.2. The molecule has 1 aliphatic heterocycles. The number of alkyl halides is 3. The van der Waals surface area contributed by atoms with E-state index < -0.39 is 23.2 Å². The van der Waals surface area contributed by atoms with E-state index in [1.54, 1.807) is 4.90 Å². The zero-order valence-corrected chi connectivity index (χ0v) is 19.2. The lowest BCUT2D eigenvalue weighted by Crippen LogP contribution is -2.47. The first kappa shape index (κ1) is 25.6. The van der Waals surface area contributed by atoms with E-state index in [1.165, 1.54) is 30.3 Å². The highest BCUT2D eigenvalue weighted by atomic mass is 19.4. The van der Waals surface area contributed by atoms with E-state index in [0.717, 1.165) is 12.1 Å². The molecule has 184 valence electrons. The Hall–Kier alpha value is -3.07. The van der Waals surface area contributed by atoms with E-state index in [1.807, 2.05) is 13.8 Å². The second-order valence-corrected chi connectivity index (χ2v) is 9.23. The highest BCUT2D eigenvalue weighted by molar-refractivity contribution is 5.92. The molecule has 1 heterocycles. The minimum Gasteiger partial charge on any atom is -0.457 e. The number of piperidine rings is 1. The predicted molar refractivity (Wildman–Crippen MR) is 120 cm³/mol. The van der Waals surface area contributed by atoms with Crippen molar-refractivity contribution in [1.82, 2.24) is 4.90 Å². The third-order valence-corrected chi connectivity index (χ3v) is 5.86. The second-order valence-electron chi connectivity index (χ2n) is 9.23. The maximum Gasteiger partial charge on any atom is 0.416 e. The van der Waals surface area contributed by atoms with Crippen LogP contribution in [0.4, 0.5) is 13.2 Å². The molecule has 1 fully saturated rings. The van der Waals surface area contributed by atoms with Crippen LogP contribution >= 0.6 is 0 Å². The Labute approximate surface area is 196 Å². The summed E-state index contributed by atoms with van der Waals surface area (Å²) >= 11 is 0. The molecule has 2 aromatic rings. The molecule has 0 aromatic heterocycles. The summed E-state index contributed by atoms with van der Waals surface area (Å²) in [5.41, 5.74) is 3.87. The van der Waals surface area contributed by atoms with Gasteiger partial charge in [0.2, 0.25) is 11.8 Å². The number of hydrogen-bond acceptors (Lipinski definition) is 4. The molecular formula is C25H29F3N2O4. The van der Waals surface area contributed by atoms with E-state index in [0.29, 0.717) is 38.3 Å². The molecule has 0 aliphatic carbocycles. The summed E-state index contributed by atoms with van der Waals surface area (Å²) in [6, 6.07) is 8.88. The largest absolute Gasteiger partial charge is 0.457 e. The topological polar surface area (TPSA) is 92.9 Å². The van der Waals surface area contributed by atoms with E-state index in [4.69, 9.17) is 10.5 Å². The number of ether oxygens (including phenoxy) is 1. The summed E-state index contributed by atoms with van der Waals surface area (Å²) in [4.78, 5) is 25.6. The molecule has 1 aliphatic rings. The van der Waals surface area contributed by atoms with Crippen LogP contribution < -0.4 is 10.5 Å². The van der Waals surface area contributed by atoms with Crippen molar-refractivity contribution >= 4 is 11.8 Å². The Kier molecular flexibility index (Phi) is 7.55. The summed E-state index contributed by atoms with van der Waals surface area (Å²) in [6.07, 6.45) is -3.32. The molecule has 0 bridgehead atoms. The molecule has 9 heteroatoms. The van der Waals surface area contributed by atoms with Crippen molar-refractivity contribution in [3.63, 3.8) is 0 Å². The number of benzene rings is 2. The SMILES string of the molecule is CC(C)CC1(O)CCN(C(=O)Cc2cc(Oc3ccc(C(N)=O)cc3)cc(C(F)(F)F)c2)CC1. The summed E-state index contributed by atoms with van der Waals surface area (Å²) in [5, 5.41) is 10.7. The molecule has 2 aromatic carbocycles. The van der Waals surface area contributed by atoms with Crippen molar-refractivity contribution in [2.24, 2.45) is 11.7 Å². The van der Waals surface area contributed by atoms with Crippen LogP contribution in [-0.4, -0.2) is 40.5 Å². The number of carbonyl (C=O) groups is 2. The first-order valence-corrected chi connectivity index (χ1v) is 11.1. The molecule has 0 unspecified atom stereocenters. The molecule has 34 heavy (non-hydrogen) atoms. The van der Waals surface area contributed by atoms with Gasteiger partial charge in [0.05, 0.1) is 17.6 Å². The number of halogens is 3. The summed E-state index contributed by atoms with van der Waals surface area (Å²) in [5.74, 6) is -0.464. The molecule has 6 nitrogen and oxygen atoms in total. The summed E-state index contributed by atoms with van der Waals surface area (Å²) in [7, 11) is 0. The number of rotatable bonds is 7. The van der Waals surface area contributed by atoms with Gasteiger partial charge in [0, 0.05) is 18.7 Å². The molecule has 0 atom stereocenters. The number of nitrogens with zero attached hydrogens (tertiary/aromatic N) is 1. The van der Waals surface area contributed by atoms with Crippen LogP contribution in [0.2, 0.25) is 0 Å². The Bertz CT molecular complexity index is 1030. The molecule has 1 saturated heterocycles. The second kappa shape index (κ2) is 10.0. The van der Waals surface area contributed by atoms with Gasteiger partial charge in [-0.2, -0.15) is 13.2 Å². The first-order chi connectivity index (χ1) is 15.8. The van der Waals surface area contributed by atoms with Gasteiger partial charge in [0.1, 0.15) is 11.5 Å². The number of likely N-dealkylation sites (tertiary alicyclic amines) is 1. The Morgan fingerprint density at radius 2 is 1.71 bits per heavy atom. The molecule has 0 spiro atoms. The Morgan fingerprint density at radius 3 is 2.24 bits per heavy atom. The number of primary amides is 1. The smallest absolute Gasteiger partial charge is 0.416 e. The third-order valence-electron chi connectivity index (χ3n) is 5.86. The molecule has 0 radical (unpaired) electrons. The molecular weight excluding hydrogens is 449 g/mol. The fraction of sp³-hybridized carbons (Fsp3) is 0.440. The lowest BCUT2D eigenvalue weighted by Gasteiger charge is -2.39. The summed E-state index contributed by atoms with van der Waals surface area (Å²) < 4.78 is 46.0. The van der Waals surface area contributed by atoms with E-state index >= 15 is 0 Å². The van der Waals surface area contributed by atoms with Gasteiger partial charge in [-0.25, -0.2) is 0 Å². The normalized spacial score (nSPS) is 15.9. The van der Waals surface area contributed by atoms with Crippen molar-refractivity contribution < 1.29 is 32.6 Å². The van der Waals surface area contributed by atoms with Gasteiger partial charge in [0.15, 0.2) is 0 Å². The van der Waals surface area contributed by atoms with Crippen LogP contribution in [-0.2, 0) is 17.4 Å². The van der Waals surface area contributed by atoms with Crippen molar-refractivity contribution in [2.45, 2.75) is 51.3 Å². The quantitative estimate of drug-likeness (QED) is 0.611. The van der Waals surface area contributed by atoms with Gasteiger partial charge < -0.3 is 20.5 Å². The number of aliphatic hydroxyl groups is 1. The van der Waals surface area contributed by atoms with Crippen molar-refractivity contribution in [2.75, 3.05) is 13.1 Å². The number of carbonyl (C=O) groups excluding carboxylic acids is 2. The number of hydrogen-bond donors (Lipinski definition) is 2. The van der Waals surface area contributed by atoms with E-state index in [2.05, 4.69) is 0 Å². The lowest BCUT2D eigenvalue weighted by atomic mass is 9.84. The fourth-order valence-corrected chi connectivity index (χ4v) is 4.23. The Morgan fingerprint density at radius 1 is 1.09 bits per heavy atom. The maximum atomic E-state index is 13.5. The van der Waals surface area contributed by atoms with Gasteiger partial charge in [-0.1, -0.05) is 13.8 Å². The van der Waals surface area contributed by atoms with Gasteiger partial charge in [0.25, 0.3) is 0 Å². The first-order valence-electron chi connectivity index (χ1n) is 11.1. The van der Waals surface area contributed by atoms with Gasteiger partial charge in [-0.05, 0) is 73.2 Å². The zero-order chi connectivity index (χ0) is 25.1. The highest BCUT2D eigenvalue weighted by Crippen LogP contribution is 2.35. The van der Waals surface area contributed by atoms with Gasteiger partial charge in [-0.15, -0.1) is 0 Å². The molecule has 2 amide bonds. The minimum atomic E-state index is -4.62. The Balaban J connectivity index is 1.74. The lowest BCUT2D eigenvalue weighted by molar-refractivity contribution is -0.138. The van der Waals surface area contributed by atoms with Crippen LogP contribution in [0.25, 0.3) is 0 Å². The van der Waals surface area contributed by atoms with Gasteiger partial charge >= 0.3 is 6.18 Å². The van der Waals surface area contributed by atoms with Crippen LogP contribution in [0.15, 0.2) is 42.5 Å². The van der Waals surface area contributed by atoms with E-state index in [9.17, 15) is 27.9 Å². The van der Waals surface area contributed by atoms with Crippen molar-refractivity contribution in [1.29, 1.82) is 0 Å². The average molecular weight is 479 g/mol. The average Bonchev–Trinajstić information content (AvgIpc) is 2.73.